The van der Waals surface area contributed by atoms with E-state index in [-0.39, 0.29) is 5.56 Å². The maximum absolute atomic E-state index is 13.1. The zero-order valence-electron chi connectivity index (χ0n) is 27.4. The highest BCUT2D eigenvalue weighted by atomic mass is 16.1. The summed E-state index contributed by atoms with van der Waals surface area (Å²) in [5.41, 5.74) is 11.6. The lowest BCUT2D eigenvalue weighted by Crippen LogP contribution is -2.08. The summed E-state index contributed by atoms with van der Waals surface area (Å²) in [5, 5.41) is 7.47. The van der Waals surface area contributed by atoms with Crippen LogP contribution in [-0.2, 0) is 6.42 Å². The number of benzene rings is 7. The second-order valence-electron chi connectivity index (χ2n) is 13.4. The second kappa shape index (κ2) is 10.6. The fourth-order valence-corrected chi connectivity index (χ4v) is 8.25. The normalized spacial score (nSPS) is 12.3. The maximum Gasteiger partial charge on any atom is 0.256 e. The van der Waals surface area contributed by atoms with E-state index in [0.717, 1.165) is 78.2 Å². The van der Waals surface area contributed by atoms with E-state index < -0.39 is 0 Å². The molecule has 1 N–H and O–H groups in total. The average molecular weight is 653 g/mol. The Labute approximate surface area is 292 Å². The molecular formula is C46H28N4O. The standard InChI is InChI=1S/C46H28N4O/c51-45-34-15-7-6-14-33(34)37-26-31-19-18-29(24-36(31)44(37)48-45)30-21-22-40-38(25-30)42-32-13-5-4-10-27(32)20-23-41(42)50(40)46-47-39-17-9-8-16-35(39)43(49-46)28-11-2-1-3-12-28/h1-25H,26H2,(H,48,51). The molecule has 0 saturated heterocycles. The minimum Gasteiger partial charge on any atom is -0.321 e. The zero-order chi connectivity index (χ0) is 33.6. The molecule has 0 fully saturated rings. The van der Waals surface area contributed by atoms with Crippen molar-refractivity contribution in [2.24, 2.45) is 0 Å². The van der Waals surface area contributed by atoms with Crippen LogP contribution in [0.15, 0.2) is 156 Å². The molecule has 7 aromatic carbocycles. The van der Waals surface area contributed by atoms with Crippen LogP contribution in [0.4, 0.5) is 0 Å². The molecule has 0 amide bonds. The third-order valence-corrected chi connectivity index (χ3v) is 10.6. The van der Waals surface area contributed by atoms with Crippen LogP contribution in [0.1, 0.15) is 11.1 Å². The van der Waals surface area contributed by atoms with Gasteiger partial charge in [0, 0.05) is 39.1 Å². The molecule has 3 aromatic heterocycles. The van der Waals surface area contributed by atoms with Crippen LogP contribution in [0.25, 0.3) is 93.8 Å². The van der Waals surface area contributed by atoms with Gasteiger partial charge in [0.15, 0.2) is 0 Å². The summed E-state index contributed by atoms with van der Waals surface area (Å²) < 4.78 is 2.22. The van der Waals surface area contributed by atoms with Gasteiger partial charge in [0.05, 0.1) is 27.9 Å². The van der Waals surface area contributed by atoms with Gasteiger partial charge in [0.2, 0.25) is 5.95 Å². The zero-order valence-corrected chi connectivity index (χ0v) is 27.4. The SMILES string of the molecule is O=c1[nH]c2c(c3ccccc13)Cc1ccc(-c3ccc4c(c3)c3c5ccccc5ccc3n4-c3nc(-c4ccccc4)c4ccccc4n3)cc1-2. The highest BCUT2D eigenvalue weighted by Crippen LogP contribution is 2.42. The van der Waals surface area contributed by atoms with Gasteiger partial charge >= 0.3 is 0 Å². The first-order valence-corrected chi connectivity index (χ1v) is 17.3. The molecule has 3 heterocycles. The van der Waals surface area contributed by atoms with Gasteiger partial charge in [-0.25, -0.2) is 9.97 Å². The molecule has 0 aliphatic heterocycles. The Morgan fingerprint density at radius 3 is 2.14 bits per heavy atom. The molecule has 5 heteroatoms. The van der Waals surface area contributed by atoms with Crippen LogP contribution >= 0.6 is 0 Å². The van der Waals surface area contributed by atoms with Gasteiger partial charge in [-0.1, -0.05) is 115 Å². The average Bonchev–Trinajstić information content (AvgIpc) is 3.73. The van der Waals surface area contributed by atoms with E-state index in [1.165, 1.54) is 27.3 Å². The fraction of sp³-hybridized carbons (Fsp3) is 0.0217. The second-order valence-corrected chi connectivity index (χ2v) is 13.4. The summed E-state index contributed by atoms with van der Waals surface area (Å²) in [6.07, 6.45) is 0.803. The van der Waals surface area contributed by atoms with Crippen LogP contribution in [-0.4, -0.2) is 19.5 Å². The number of aromatic amines is 1. The fourth-order valence-electron chi connectivity index (χ4n) is 8.25. The van der Waals surface area contributed by atoms with Crippen LogP contribution in [0.2, 0.25) is 0 Å². The van der Waals surface area contributed by atoms with Crippen molar-refractivity contribution in [1.29, 1.82) is 0 Å². The number of nitrogens with one attached hydrogen (secondary N) is 1. The Hall–Kier alpha value is -6.85. The van der Waals surface area contributed by atoms with Crippen LogP contribution in [0.3, 0.4) is 0 Å². The van der Waals surface area contributed by atoms with Crippen molar-refractivity contribution in [2.45, 2.75) is 6.42 Å². The molecule has 0 unspecified atom stereocenters. The number of pyridine rings is 1. The first-order valence-electron chi connectivity index (χ1n) is 17.3. The van der Waals surface area contributed by atoms with E-state index in [1.807, 2.05) is 36.4 Å². The van der Waals surface area contributed by atoms with Gasteiger partial charge in [0.25, 0.3) is 5.56 Å². The Morgan fingerprint density at radius 2 is 1.25 bits per heavy atom. The molecule has 0 bridgehead atoms. The molecule has 0 spiro atoms. The lowest BCUT2D eigenvalue weighted by molar-refractivity contribution is 1.01. The summed E-state index contributed by atoms with van der Waals surface area (Å²) in [4.78, 5) is 26.8. The van der Waals surface area contributed by atoms with Gasteiger partial charge in [-0.3, -0.25) is 9.36 Å². The van der Waals surface area contributed by atoms with E-state index in [1.54, 1.807) is 0 Å². The monoisotopic (exact) mass is 652 g/mol. The number of hydrogen-bond acceptors (Lipinski definition) is 3. The molecule has 1 aliphatic carbocycles. The molecule has 5 nitrogen and oxygen atoms in total. The summed E-state index contributed by atoms with van der Waals surface area (Å²) in [7, 11) is 0. The minimum atomic E-state index is -0.0463. The van der Waals surface area contributed by atoms with Crippen molar-refractivity contribution < 1.29 is 0 Å². The maximum atomic E-state index is 13.1. The number of nitrogens with zero attached hydrogens (tertiary/aromatic N) is 3. The van der Waals surface area contributed by atoms with E-state index >= 15 is 0 Å². The smallest absolute Gasteiger partial charge is 0.256 e. The van der Waals surface area contributed by atoms with Crippen molar-refractivity contribution >= 4 is 54.3 Å². The quantitative estimate of drug-likeness (QED) is 0.207. The third-order valence-electron chi connectivity index (χ3n) is 10.6. The van der Waals surface area contributed by atoms with E-state index in [2.05, 4.69) is 125 Å². The van der Waals surface area contributed by atoms with Crippen molar-refractivity contribution in [3.05, 3.63) is 173 Å². The summed E-state index contributed by atoms with van der Waals surface area (Å²) in [6, 6.07) is 52.8. The predicted octanol–water partition coefficient (Wildman–Crippen LogP) is 10.6. The molecule has 11 rings (SSSR count). The van der Waals surface area contributed by atoms with Crippen LogP contribution in [0, 0.1) is 0 Å². The first-order chi connectivity index (χ1) is 25.2. The van der Waals surface area contributed by atoms with Crippen molar-refractivity contribution in [3.8, 4) is 39.6 Å². The molecule has 238 valence electrons. The summed E-state index contributed by atoms with van der Waals surface area (Å²) in [6.45, 7) is 0. The van der Waals surface area contributed by atoms with Gasteiger partial charge in [-0.15, -0.1) is 0 Å². The Kier molecular flexibility index (Phi) is 5.81. The number of rotatable bonds is 3. The first kappa shape index (κ1) is 28.0. The van der Waals surface area contributed by atoms with Gasteiger partial charge in [-0.2, -0.15) is 0 Å². The highest BCUT2D eigenvalue weighted by molar-refractivity contribution is 6.22. The molecule has 1 aliphatic rings. The van der Waals surface area contributed by atoms with Crippen molar-refractivity contribution in [2.75, 3.05) is 0 Å². The molecule has 0 saturated carbocycles. The summed E-state index contributed by atoms with van der Waals surface area (Å²) >= 11 is 0. The van der Waals surface area contributed by atoms with Crippen molar-refractivity contribution in [1.82, 2.24) is 19.5 Å². The lowest BCUT2D eigenvalue weighted by Gasteiger charge is -2.12. The third kappa shape index (κ3) is 4.12. The lowest BCUT2D eigenvalue weighted by atomic mass is 9.97. The molecular weight excluding hydrogens is 625 g/mol. The summed E-state index contributed by atoms with van der Waals surface area (Å²) in [5.74, 6) is 0.640. The Balaban J connectivity index is 1.16. The number of aromatic nitrogens is 4. The number of para-hydroxylation sites is 1. The van der Waals surface area contributed by atoms with E-state index in [4.69, 9.17) is 9.97 Å². The van der Waals surface area contributed by atoms with Crippen molar-refractivity contribution in [3.63, 3.8) is 0 Å². The molecule has 0 atom stereocenters. The topological polar surface area (TPSA) is 63.6 Å². The highest BCUT2D eigenvalue weighted by Gasteiger charge is 2.24. The molecule has 10 aromatic rings. The Morgan fingerprint density at radius 1 is 0.549 bits per heavy atom. The minimum absolute atomic E-state index is 0.0463. The van der Waals surface area contributed by atoms with Crippen LogP contribution in [0.5, 0.6) is 0 Å². The number of fused-ring (bicyclic) bond motifs is 11. The number of H-pyrrole nitrogens is 1. The van der Waals surface area contributed by atoms with Crippen LogP contribution < -0.4 is 5.56 Å². The largest absolute Gasteiger partial charge is 0.321 e. The predicted molar refractivity (Wildman–Crippen MR) is 209 cm³/mol. The van der Waals surface area contributed by atoms with Gasteiger partial charge in [0.1, 0.15) is 0 Å². The number of hydrogen-bond donors (Lipinski definition) is 1. The van der Waals surface area contributed by atoms with Gasteiger partial charge < -0.3 is 4.98 Å². The van der Waals surface area contributed by atoms with Gasteiger partial charge in [-0.05, 0) is 74.8 Å². The molecule has 0 radical (unpaired) electrons. The Bertz CT molecular complexity index is 3140. The van der Waals surface area contributed by atoms with E-state index in [0.29, 0.717) is 5.95 Å². The van der Waals surface area contributed by atoms with E-state index in [9.17, 15) is 4.79 Å². The molecule has 51 heavy (non-hydrogen) atoms.